The molecular formula is C17H25NO2. The molecule has 110 valence electrons. The van der Waals surface area contributed by atoms with E-state index in [1.165, 1.54) is 6.42 Å². The fourth-order valence-corrected chi connectivity index (χ4v) is 2.76. The smallest absolute Gasteiger partial charge is 0.180 e. The van der Waals surface area contributed by atoms with Crippen molar-refractivity contribution in [1.82, 2.24) is 4.90 Å². The van der Waals surface area contributed by atoms with Crippen LogP contribution >= 0.6 is 0 Å². The molecule has 2 rings (SSSR count). The van der Waals surface area contributed by atoms with Crippen LogP contribution in [0.2, 0.25) is 0 Å². The van der Waals surface area contributed by atoms with Crippen LogP contribution < -0.4 is 4.74 Å². The van der Waals surface area contributed by atoms with E-state index < -0.39 is 0 Å². The molecule has 0 amide bonds. The maximum Gasteiger partial charge on any atom is 0.180 e. The van der Waals surface area contributed by atoms with Crippen molar-refractivity contribution in [3.63, 3.8) is 0 Å². The predicted molar refractivity (Wildman–Crippen MR) is 81.3 cm³/mol. The Labute approximate surface area is 121 Å². The summed E-state index contributed by atoms with van der Waals surface area (Å²) in [5.74, 6) is 2.30. The minimum atomic E-state index is 0.163. The van der Waals surface area contributed by atoms with Gasteiger partial charge in [-0.1, -0.05) is 26.0 Å². The van der Waals surface area contributed by atoms with Crippen molar-refractivity contribution in [2.75, 3.05) is 26.2 Å². The molecule has 1 aliphatic rings. The zero-order chi connectivity index (χ0) is 14.5. The summed E-state index contributed by atoms with van der Waals surface area (Å²) in [6, 6.07) is 7.55. The molecule has 1 aliphatic heterocycles. The summed E-state index contributed by atoms with van der Waals surface area (Å²) >= 11 is 0. The van der Waals surface area contributed by atoms with Crippen molar-refractivity contribution in [2.45, 2.75) is 27.2 Å². The Bertz CT molecular complexity index is 458. The third kappa shape index (κ3) is 3.60. The van der Waals surface area contributed by atoms with Gasteiger partial charge in [0.05, 0.1) is 18.7 Å². The Morgan fingerprint density at radius 3 is 2.75 bits per heavy atom. The molecule has 0 aliphatic carbocycles. The SMILES string of the molecule is CCOc1ccccc1C(=O)CN1CCC(C)C(C)C1. The van der Waals surface area contributed by atoms with Crippen LogP contribution in [0.5, 0.6) is 5.75 Å². The van der Waals surface area contributed by atoms with Crippen LogP contribution in [0, 0.1) is 11.8 Å². The van der Waals surface area contributed by atoms with E-state index >= 15 is 0 Å². The highest BCUT2D eigenvalue weighted by atomic mass is 16.5. The summed E-state index contributed by atoms with van der Waals surface area (Å²) in [5, 5.41) is 0. The standard InChI is InChI=1S/C17H25NO2/c1-4-20-17-8-6-5-7-15(17)16(19)12-18-10-9-13(2)14(3)11-18/h5-8,13-14H,4,9-12H2,1-3H3. The fraction of sp³-hybridized carbons (Fsp3) is 0.588. The van der Waals surface area contributed by atoms with Crippen LogP contribution in [0.15, 0.2) is 24.3 Å². The largest absolute Gasteiger partial charge is 0.493 e. The lowest BCUT2D eigenvalue weighted by Gasteiger charge is -2.34. The van der Waals surface area contributed by atoms with E-state index in [0.29, 0.717) is 30.4 Å². The van der Waals surface area contributed by atoms with E-state index in [4.69, 9.17) is 4.74 Å². The molecule has 20 heavy (non-hydrogen) atoms. The number of Topliss-reactive ketones (excluding diaryl/α,β-unsaturated/α-hetero) is 1. The van der Waals surface area contributed by atoms with Gasteiger partial charge in [-0.2, -0.15) is 0 Å². The number of hydrogen-bond donors (Lipinski definition) is 0. The minimum absolute atomic E-state index is 0.163. The third-order valence-electron chi connectivity index (χ3n) is 4.27. The quantitative estimate of drug-likeness (QED) is 0.773. The Balaban J connectivity index is 2.01. The third-order valence-corrected chi connectivity index (χ3v) is 4.27. The summed E-state index contributed by atoms with van der Waals surface area (Å²) < 4.78 is 5.55. The van der Waals surface area contributed by atoms with Crippen LogP contribution in [-0.2, 0) is 0 Å². The van der Waals surface area contributed by atoms with Gasteiger partial charge in [0.25, 0.3) is 0 Å². The molecule has 1 heterocycles. The highest BCUT2D eigenvalue weighted by molar-refractivity contribution is 6.00. The second-order valence-corrected chi connectivity index (χ2v) is 5.83. The first-order valence-electron chi connectivity index (χ1n) is 7.59. The van der Waals surface area contributed by atoms with Gasteiger partial charge in [-0.15, -0.1) is 0 Å². The van der Waals surface area contributed by atoms with E-state index in [0.717, 1.165) is 19.0 Å². The van der Waals surface area contributed by atoms with Crippen molar-refractivity contribution in [3.8, 4) is 5.75 Å². The van der Waals surface area contributed by atoms with Gasteiger partial charge in [0.15, 0.2) is 5.78 Å². The summed E-state index contributed by atoms with van der Waals surface area (Å²) in [5.41, 5.74) is 0.709. The van der Waals surface area contributed by atoms with Crippen LogP contribution in [0.3, 0.4) is 0 Å². The number of carbonyl (C=O) groups excluding carboxylic acids is 1. The number of nitrogens with zero attached hydrogens (tertiary/aromatic N) is 1. The number of piperidine rings is 1. The van der Waals surface area contributed by atoms with Gasteiger partial charge in [0.2, 0.25) is 0 Å². The molecule has 2 unspecified atom stereocenters. The Hall–Kier alpha value is -1.35. The highest BCUT2D eigenvalue weighted by Gasteiger charge is 2.24. The molecule has 0 aromatic heterocycles. The number of likely N-dealkylation sites (tertiary alicyclic amines) is 1. The van der Waals surface area contributed by atoms with Crippen molar-refractivity contribution in [1.29, 1.82) is 0 Å². The second kappa shape index (κ2) is 6.89. The molecule has 2 atom stereocenters. The predicted octanol–water partition coefficient (Wildman–Crippen LogP) is 3.25. The fourth-order valence-electron chi connectivity index (χ4n) is 2.76. The summed E-state index contributed by atoms with van der Waals surface area (Å²) in [6.07, 6.45) is 1.18. The molecule has 1 aromatic carbocycles. The zero-order valence-corrected chi connectivity index (χ0v) is 12.8. The summed E-state index contributed by atoms with van der Waals surface area (Å²) in [4.78, 5) is 14.7. The number of ketones is 1. The van der Waals surface area contributed by atoms with Crippen LogP contribution in [-0.4, -0.2) is 36.9 Å². The maximum absolute atomic E-state index is 12.5. The molecule has 3 heteroatoms. The number of ether oxygens (including phenoxy) is 1. The molecule has 0 N–H and O–H groups in total. The number of carbonyl (C=O) groups is 1. The average molecular weight is 275 g/mol. The minimum Gasteiger partial charge on any atom is -0.493 e. The topological polar surface area (TPSA) is 29.5 Å². The normalized spacial score (nSPS) is 23.6. The van der Waals surface area contributed by atoms with Gasteiger partial charge in [0.1, 0.15) is 5.75 Å². The Morgan fingerprint density at radius 1 is 1.30 bits per heavy atom. The van der Waals surface area contributed by atoms with Gasteiger partial charge in [-0.25, -0.2) is 0 Å². The number of benzene rings is 1. The van der Waals surface area contributed by atoms with Gasteiger partial charge in [0, 0.05) is 6.54 Å². The average Bonchev–Trinajstić information content (AvgIpc) is 2.44. The van der Waals surface area contributed by atoms with Crippen molar-refractivity contribution in [2.24, 2.45) is 11.8 Å². The molecule has 1 saturated heterocycles. The molecule has 0 spiro atoms. The van der Waals surface area contributed by atoms with Crippen molar-refractivity contribution < 1.29 is 9.53 Å². The summed E-state index contributed by atoms with van der Waals surface area (Å²) in [6.45, 7) is 9.64. The Kier molecular flexibility index (Phi) is 5.18. The number of hydrogen-bond acceptors (Lipinski definition) is 3. The molecule has 1 aromatic rings. The van der Waals surface area contributed by atoms with Gasteiger partial charge in [-0.3, -0.25) is 9.69 Å². The number of rotatable bonds is 5. The van der Waals surface area contributed by atoms with Gasteiger partial charge < -0.3 is 4.74 Å². The lowest BCUT2D eigenvalue weighted by molar-refractivity contribution is 0.0846. The van der Waals surface area contributed by atoms with Gasteiger partial charge >= 0.3 is 0 Å². The second-order valence-electron chi connectivity index (χ2n) is 5.83. The zero-order valence-electron chi connectivity index (χ0n) is 12.8. The van der Waals surface area contributed by atoms with Crippen LogP contribution in [0.4, 0.5) is 0 Å². The first-order valence-corrected chi connectivity index (χ1v) is 7.59. The molecule has 0 bridgehead atoms. The summed E-state index contributed by atoms with van der Waals surface area (Å²) in [7, 11) is 0. The van der Waals surface area contributed by atoms with Crippen LogP contribution in [0.25, 0.3) is 0 Å². The molecule has 0 radical (unpaired) electrons. The van der Waals surface area contributed by atoms with Gasteiger partial charge in [-0.05, 0) is 43.9 Å². The first kappa shape index (κ1) is 15.0. The van der Waals surface area contributed by atoms with E-state index in [9.17, 15) is 4.79 Å². The molecular weight excluding hydrogens is 250 g/mol. The lowest BCUT2D eigenvalue weighted by atomic mass is 9.88. The molecule has 3 nitrogen and oxygen atoms in total. The van der Waals surface area contributed by atoms with Crippen molar-refractivity contribution in [3.05, 3.63) is 29.8 Å². The lowest BCUT2D eigenvalue weighted by Crippen LogP contribution is -2.41. The maximum atomic E-state index is 12.5. The van der Waals surface area contributed by atoms with Crippen molar-refractivity contribution >= 4 is 5.78 Å². The van der Waals surface area contributed by atoms with E-state index in [1.54, 1.807) is 0 Å². The Morgan fingerprint density at radius 2 is 2.05 bits per heavy atom. The van der Waals surface area contributed by atoms with Crippen LogP contribution in [0.1, 0.15) is 37.6 Å². The highest BCUT2D eigenvalue weighted by Crippen LogP contribution is 2.24. The monoisotopic (exact) mass is 275 g/mol. The van der Waals surface area contributed by atoms with E-state index in [1.807, 2.05) is 31.2 Å². The molecule has 0 saturated carbocycles. The van der Waals surface area contributed by atoms with E-state index in [2.05, 4.69) is 18.7 Å². The first-order chi connectivity index (χ1) is 9.61. The molecule has 1 fully saturated rings. The van der Waals surface area contributed by atoms with E-state index in [-0.39, 0.29) is 5.78 Å². The number of para-hydroxylation sites is 1.